The van der Waals surface area contributed by atoms with Crippen molar-refractivity contribution < 1.29 is 23.8 Å². The van der Waals surface area contributed by atoms with Gasteiger partial charge in [-0.15, -0.1) is 0 Å². The molecule has 1 heterocycles. The fraction of sp³-hybridized carbons (Fsp3) is 0.333. The summed E-state index contributed by atoms with van der Waals surface area (Å²) >= 11 is 0. The van der Waals surface area contributed by atoms with Crippen molar-refractivity contribution in [2.75, 3.05) is 25.1 Å². The number of hydrogen-bond acceptors (Lipinski definition) is 6. The molecule has 27 heavy (non-hydrogen) atoms. The van der Waals surface area contributed by atoms with E-state index in [1.54, 1.807) is 36.4 Å². The quantitative estimate of drug-likeness (QED) is 0.452. The largest absolute Gasteiger partial charge is 0.422 e. The van der Waals surface area contributed by atoms with Crippen molar-refractivity contribution in [1.29, 1.82) is 0 Å². The SMILES string of the molecule is CCOC(OCC)c1ccccc1OC(=O)c1cccc2c1C(=O)CCN2. The highest BCUT2D eigenvalue weighted by Crippen LogP contribution is 2.31. The lowest BCUT2D eigenvalue weighted by Crippen LogP contribution is -2.23. The number of fused-ring (bicyclic) bond motifs is 1. The van der Waals surface area contributed by atoms with Crippen LogP contribution in [0.1, 0.15) is 52.8 Å². The van der Waals surface area contributed by atoms with Crippen molar-refractivity contribution in [2.45, 2.75) is 26.6 Å². The van der Waals surface area contributed by atoms with E-state index in [4.69, 9.17) is 14.2 Å². The fourth-order valence-corrected chi connectivity index (χ4v) is 3.06. The lowest BCUT2D eigenvalue weighted by molar-refractivity contribution is -0.140. The Morgan fingerprint density at radius 1 is 1.07 bits per heavy atom. The minimum Gasteiger partial charge on any atom is -0.422 e. The van der Waals surface area contributed by atoms with Gasteiger partial charge in [-0.25, -0.2) is 4.79 Å². The lowest BCUT2D eigenvalue weighted by Gasteiger charge is -2.21. The standard InChI is InChI=1S/C21H23NO5/c1-3-25-21(26-4-2)14-8-5-6-11-18(14)27-20(24)15-9-7-10-16-19(15)17(23)12-13-22-16/h5-11,21-22H,3-4,12-13H2,1-2H3. The Morgan fingerprint density at radius 3 is 2.56 bits per heavy atom. The molecule has 2 aromatic rings. The van der Waals surface area contributed by atoms with Crippen LogP contribution in [0.15, 0.2) is 42.5 Å². The maximum Gasteiger partial charge on any atom is 0.344 e. The molecule has 0 amide bonds. The van der Waals surface area contributed by atoms with Gasteiger partial charge in [0.05, 0.1) is 16.7 Å². The molecule has 3 rings (SSSR count). The van der Waals surface area contributed by atoms with Crippen LogP contribution in [0.2, 0.25) is 0 Å². The van der Waals surface area contributed by atoms with Crippen LogP contribution < -0.4 is 10.1 Å². The number of carbonyl (C=O) groups is 2. The van der Waals surface area contributed by atoms with Gasteiger partial charge in [0.1, 0.15) is 5.75 Å². The Hall–Kier alpha value is -2.70. The van der Waals surface area contributed by atoms with Crippen LogP contribution in [-0.2, 0) is 9.47 Å². The average Bonchev–Trinajstić information content (AvgIpc) is 2.68. The van der Waals surface area contributed by atoms with Gasteiger partial charge in [0.25, 0.3) is 0 Å². The number of benzene rings is 2. The van der Waals surface area contributed by atoms with E-state index in [0.29, 0.717) is 48.7 Å². The zero-order valence-electron chi connectivity index (χ0n) is 15.5. The van der Waals surface area contributed by atoms with E-state index < -0.39 is 12.3 Å². The first-order chi connectivity index (χ1) is 13.2. The van der Waals surface area contributed by atoms with Crippen LogP contribution in [0.5, 0.6) is 5.75 Å². The molecule has 2 aromatic carbocycles. The Morgan fingerprint density at radius 2 is 1.81 bits per heavy atom. The number of anilines is 1. The molecule has 1 aliphatic heterocycles. The zero-order valence-corrected chi connectivity index (χ0v) is 15.5. The van der Waals surface area contributed by atoms with Gasteiger partial charge < -0.3 is 19.5 Å². The summed E-state index contributed by atoms with van der Waals surface area (Å²) in [6.45, 7) is 5.22. The number of Topliss-reactive ketones (excluding diaryl/α,β-unsaturated/α-hetero) is 1. The number of carbonyl (C=O) groups excluding carboxylic acids is 2. The van der Waals surface area contributed by atoms with Crippen LogP contribution in [0.3, 0.4) is 0 Å². The highest BCUT2D eigenvalue weighted by Gasteiger charge is 2.26. The first-order valence-electron chi connectivity index (χ1n) is 9.10. The van der Waals surface area contributed by atoms with E-state index in [1.165, 1.54) is 0 Å². The molecule has 0 saturated carbocycles. The molecule has 0 unspecified atom stereocenters. The second-order valence-corrected chi connectivity index (χ2v) is 6.00. The minimum absolute atomic E-state index is 0.0638. The fourth-order valence-electron chi connectivity index (χ4n) is 3.06. The molecule has 0 radical (unpaired) electrons. The molecule has 1 N–H and O–H groups in total. The minimum atomic E-state index is -0.628. The summed E-state index contributed by atoms with van der Waals surface area (Å²) in [6.07, 6.45) is -0.276. The van der Waals surface area contributed by atoms with Gasteiger partial charge in [-0.05, 0) is 32.0 Å². The van der Waals surface area contributed by atoms with E-state index in [2.05, 4.69) is 5.32 Å². The molecular formula is C21H23NO5. The number of hydrogen-bond donors (Lipinski definition) is 1. The molecule has 0 saturated heterocycles. The van der Waals surface area contributed by atoms with E-state index in [9.17, 15) is 9.59 Å². The third-order valence-electron chi connectivity index (χ3n) is 4.24. The normalized spacial score (nSPS) is 13.2. The molecule has 0 atom stereocenters. The third-order valence-corrected chi connectivity index (χ3v) is 4.24. The lowest BCUT2D eigenvalue weighted by atomic mass is 9.96. The summed E-state index contributed by atoms with van der Waals surface area (Å²) in [7, 11) is 0. The van der Waals surface area contributed by atoms with Gasteiger partial charge in [-0.2, -0.15) is 0 Å². The zero-order chi connectivity index (χ0) is 19.2. The molecular weight excluding hydrogens is 346 g/mol. The van der Waals surface area contributed by atoms with E-state index in [0.717, 1.165) is 0 Å². The van der Waals surface area contributed by atoms with Crippen molar-refractivity contribution in [2.24, 2.45) is 0 Å². The number of para-hydroxylation sites is 1. The van der Waals surface area contributed by atoms with Gasteiger partial charge in [-0.1, -0.05) is 24.3 Å². The molecule has 0 aliphatic carbocycles. The third kappa shape index (κ3) is 4.18. The molecule has 0 fully saturated rings. The van der Waals surface area contributed by atoms with Crippen LogP contribution in [-0.4, -0.2) is 31.5 Å². The van der Waals surface area contributed by atoms with Crippen molar-refractivity contribution >= 4 is 17.4 Å². The number of rotatable bonds is 7. The predicted molar refractivity (Wildman–Crippen MR) is 101 cm³/mol. The number of ether oxygens (including phenoxy) is 3. The Kier molecular flexibility index (Phi) is 6.21. The van der Waals surface area contributed by atoms with Crippen molar-refractivity contribution in [3.8, 4) is 5.75 Å². The van der Waals surface area contributed by atoms with Crippen LogP contribution in [0.25, 0.3) is 0 Å². The Bertz CT molecular complexity index is 827. The van der Waals surface area contributed by atoms with E-state index in [1.807, 2.05) is 19.9 Å². The van der Waals surface area contributed by atoms with Gasteiger partial charge in [0.2, 0.25) is 0 Å². The summed E-state index contributed by atoms with van der Waals surface area (Å²) in [6, 6.07) is 12.2. The second kappa shape index (κ2) is 8.79. The predicted octanol–water partition coefficient (Wildman–Crippen LogP) is 3.98. The van der Waals surface area contributed by atoms with E-state index >= 15 is 0 Å². The smallest absolute Gasteiger partial charge is 0.344 e. The summed E-state index contributed by atoms with van der Waals surface area (Å²) in [5.74, 6) is -0.294. The summed E-state index contributed by atoms with van der Waals surface area (Å²) in [5.41, 5.74) is 1.93. The monoisotopic (exact) mass is 369 g/mol. The molecule has 6 heteroatoms. The topological polar surface area (TPSA) is 73.9 Å². The van der Waals surface area contributed by atoms with Gasteiger partial charge in [0.15, 0.2) is 12.1 Å². The number of ketones is 1. The molecule has 0 bridgehead atoms. The van der Waals surface area contributed by atoms with Gasteiger partial charge >= 0.3 is 5.97 Å². The van der Waals surface area contributed by atoms with Crippen LogP contribution >= 0.6 is 0 Å². The highest BCUT2D eigenvalue weighted by molar-refractivity contribution is 6.11. The maximum absolute atomic E-state index is 12.8. The van der Waals surface area contributed by atoms with Crippen molar-refractivity contribution in [3.05, 3.63) is 59.2 Å². The summed E-state index contributed by atoms with van der Waals surface area (Å²) < 4.78 is 16.9. The van der Waals surface area contributed by atoms with Crippen LogP contribution in [0.4, 0.5) is 5.69 Å². The molecule has 0 aromatic heterocycles. The summed E-state index contributed by atoms with van der Waals surface area (Å²) in [4.78, 5) is 25.2. The molecule has 1 aliphatic rings. The molecule has 142 valence electrons. The first kappa shape index (κ1) is 19.1. The van der Waals surface area contributed by atoms with Gasteiger partial charge in [-0.3, -0.25) is 4.79 Å². The van der Waals surface area contributed by atoms with E-state index in [-0.39, 0.29) is 11.3 Å². The average molecular weight is 369 g/mol. The summed E-state index contributed by atoms with van der Waals surface area (Å²) in [5, 5.41) is 3.15. The first-order valence-corrected chi connectivity index (χ1v) is 9.10. The number of esters is 1. The number of nitrogens with one attached hydrogen (secondary N) is 1. The molecule has 0 spiro atoms. The molecule has 6 nitrogen and oxygen atoms in total. The second-order valence-electron chi connectivity index (χ2n) is 6.00. The highest BCUT2D eigenvalue weighted by atomic mass is 16.7. The Balaban J connectivity index is 1.91. The maximum atomic E-state index is 12.8. The van der Waals surface area contributed by atoms with Gasteiger partial charge in [0, 0.05) is 31.9 Å². The Labute approximate surface area is 158 Å². The van der Waals surface area contributed by atoms with Crippen molar-refractivity contribution in [1.82, 2.24) is 0 Å². The van der Waals surface area contributed by atoms with Crippen LogP contribution in [0, 0.1) is 0 Å². The van der Waals surface area contributed by atoms with Crippen molar-refractivity contribution in [3.63, 3.8) is 0 Å².